The molecule has 0 aromatic carbocycles. The van der Waals surface area contributed by atoms with Gasteiger partial charge in [-0.3, -0.25) is 0 Å². The molecule has 72 valence electrons. The smallest absolute Gasteiger partial charge is 0.166 e. The minimum absolute atomic E-state index is 0.456. The lowest BCUT2D eigenvalue weighted by Crippen LogP contribution is -2.47. The number of nitrogens with two attached hydrogens (primary N) is 1. The van der Waals surface area contributed by atoms with Crippen molar-refractivity contribution >= 4 is 17.3 Å². The van der Waals surface area contributed by atoms with Crippen molar-refractivity contribution in [1.29, 1.82) is 0 Å². The summed E-state index contributed by atoms with van der Waals surface area (Å²) in [5.74, 6) is 0. The standard InChI is InChI=1S/C9H20N2S/c1-5-7(3)11(9(10)12)8(4)6-2/h7-8H,5-6H2,1-4H3,(H2,10,12)/t7-,8-/m0/s1. The first kappa shape index (κ1) is 11.7. The minimum Gasteiger partial charge on any atom is -0.376 e. The summed E-state index contributed by atoms with van der Waals surface area (Å²) >= 11 is 5.01. The SMILES string of the molecule is CC[C@H](C)N(C(N)=S)[C@@H](C)CC. The molecule has 0 spiro atoms. The molecular formula is C9H20N2S. The summed E-state index contributed by atoms with van der Waals surface area (Å²) in [6.45, 7) is 8.62. The summed E-state index contributed by atoms with van der Waals surface area (Å²) in [7, 11) is 0. The maximum atomic E-state index is 5.65. The largest absolute Gasteiger partial charge is 0.376 e. The van der Waals surface area contributed by atoms with Crippen LogP contribution in [0.25, 0.3) is 0 Å². The highest BCUT2D eigenvalue weighted by molar-refractivity contribution is 7.80. The third-order valence-corrected chi connectivity index (χ3v) is 2.60. The highest BCUT2D eigenvalue weighted by Gasteiger charge is 2.17. The molecule has 3 heteroatoms. The van der Waals surface area contributed by atoms with Crippen molar-refractivity contribution in [2.75, 3.05) is 0 Å². The monoisotopic (exact) mass is 188 g/mol. The molecule has 0 bridgehead atoms. The van der Waals surface area contributed by atoms with Gasteiger partial charge < -0.3 is 10.6 Å². The Labute approximate surface area is 81.1 Å². The third kappa shape index (κ3) is 2.97. The van der Waals surface area contributed by atoms with Gasteiger partial charge in [0, 0.05) is 12.1 Å². The number of nitrogens with zero attached hydrogens (tertiary/aromatic N) is 1. The highest BCUT2D eigenvalue weighted by Crippen LogP contribution is 2.10. The molecule has 0 unspecified atom stereocenters. The number of thiocarbonyl (C=S) groups is 1. The summed E-state index contributed by atoms with van der Waals surface area (Å²) in [6.07, 6.45) is 2.17. The lowest BCUT2D eigenvalue weighted by atomic mass is 10.1. The third-order valence-electron chi connectivity index (χ3n) is 2.39. The van der Waals surface area contributed by atoms with Crippen LogP contribution >= 0.6 is 12.2 Å². The Bertz CT molecular complexity index is 137. The van der Waals surface area contributed by atoms with E-state index >= 15 is 0 Å². The van der Waals surface area contributed by atoms with E-state index in [9.17, 15) is 0 Å². The summed E-state index contributed by atoms with van der Waals surface area (Å²) in [6, 6.07) is 0.912. The molecule has 12 heavy (non-hydrogen) atoms. The molecule has 2 atom stereocenters. The van der Waals surface area contributed by atoms with Gasteiger partial charge >= 0.3 is 0 Å². The van der Waals surface area contributed by atoms with Gasteiger partial charge in [0.1, 0.15) is 0 Å². The van der Waals surface area contributed by atoms with Gasteiger partial charge in [-0.1, -0.05) is 13.8 Å². The van der Waals surface area contributed by atoms with Gasteiger partial charge in [-0.05, 0) is 38.9 Å². The summed E-state index contributed by atoms with van der Waals surface area (Å²) in [5.41, 5.74) is 5.65. The molecule has 0 heterocycles. The molecule has 0 aliphatic carbocycles. The van der Waals surface area contributed by atoms with Crippen LogP contribution in [0.3, 0.4) is 0 Å². The van der Waals surface area contributed by atoms with E-state index < -0.39 is 0 Å². The Morgan fingerprint density at radius 3 is 1.75 bits per heavy atom. The molecule has 0 amide bonds. The van der Waals surface area contributed by atoms with Gasteiger partial charge in [-0.25, -0.2) is 0 Å². The summed E-state index contributed by atoms with van der Waals surface area (Å²) in [4.78, 5) is 2.12. The van der Waals surface area contributed by atoms with Gasteiger partial charge in [0.25, 0.3) is 0 Å². The first-order valence-electron chi connectivity index (χ1n) is 4.62. The molecule has 0 saturated heterocycles. The molecule has 0 saturated carbocycles. The van der Waals surface area contributed by atoms with Gasteiger partial charge in [0.05, 0.1) is 0 Å². The summed E-state index contributed by atoms with van der Waals surface area (Å²) < 4.78 is 0. The lowest BCUT2D eigenvalue weighted by Gasteiger charge is -2.34. The number of hydrogen-bond donors (Lipinski definition) is 1. The van der Waals surface area contributed by atoms with Crippen LogP contribution < -0.4 is 5.73 Å². The van der Waals surface area contributed by atoms with Crippen LogP contribution in [0.15, 0.2) is 0 Å². The molecule has 2 N–H and O–H groups in total. The van der Waals surface area contributed by atoms with Crippen molar-refractivity contribution in [2.45, 2.75) is 52.6 Å². The zero-order valence-corrected chi connectivity index (χ0v) is 9.32. The van der Waals surface area contributed by atoms with E-state index in [0.29, 0.717) is 17.2 Å². The Morgan fingerprint density at radius 2 is 1.58 bits per heavy atom. The molecule has 0 aromatic heterocycles. The second-order valence-electron chi connectivity index (χ2n) is 3.26. The van der Waals surface area contributed by atoms with E-state index in [-0.39, 0.29) is 0 Å². The Hall–Kier alpha value is -0.310. The number of rotatable bonds is 4. The molecule has 0 aliphatic heterocycles. The molecule has 0 fully saturated rings. The van der Waals surface area contributed by atoms with Crippen LogP contribution in [0.5, 0.6) is 0 Å². The van der Waals surface area contributed by atoms with Gasteiger partial charge in [0.15, 0.2) is 5.11 Å². The van der Waals surface area contributed by atoms with E-state index in [2.05, 4.69) is 32.6 Å². The van der Waals surface area contributed by atoms with Crippen LogP contribution in [0, 0.1) is 0 Å². The quantitative estimate of drug-likeness (QED) is 0.685. The molecule has 2 nitrogen and oxygen atoms in total. The first-order chi connectivity index (χ1) is 5.54. The van der Waals surface area contributed by atoms with Gasteiger partial charge in [-0.2, -0.15) is 0 Å². The zero-order chi connectivity index (χ0) is 9.72. The molecule has 0 rings (SSSR count). The second kappa shape index (κ2) is 5.36. The van der Waals surface area contributed by atoms with E-state index in [1.807, 2.05) is 0 Å². The normalized spacial score (nSPS) is 15.3. The van der Waals surface area contributed by atoms with E-state index in [4.69, 9.17) is 18.0 Å². The topological polar surface area (TPSA) is 29.3 Å². The highest BCUT2D eigenvalue weighted by atomic mass is 32.1. The summed E-state index contributed by atoms with van der Waals surface area (Å²) in [5, 5.41) is 0.527. The Kier molecular flexibility index (Phi) is 5.22. The maximum Gasteiger partial charge on any atom is 0.166 e. The fourth-order valence-electron chi connectivity index (χ4n) is 1.26. The van der Waals surface area contributed by atoms with Crippen molar-refractivity contribution in [1.82, 2.24) is 4.90 Å². The van der Waals surface area contributed by atoms with Gasteiger partial charge in [-0.15, -0.1) is 0 Å². The van der Waals surface area contributed by atoms with Crippen molar-refractivity contribution in [2.24, 2.45) is 5.73 Å². The van der Waals surface area contributed by atoms with Crippen LogP contribution in [-0.4, -0.2) is 22.1 Å². The van der Waals surface area contributed by atoms with E-state index in [0.717, 1.165) is 12.8 Å². The average molecular weight is 188 g/mol. The predicted octanol–water partition coefficient (Wildman–Crippen LogP) is 2.13. The fourth-order valence-corrected chi connectivity index (χ4v) is 1.62. The van der Waals surface area contributed by atoms with E-state index in [1.54, 1.807) is 0 Å². The lowest BCUT2D eigenvalue weighted by molar-refractivity contribution is 0.252. The molecular weight excluding hydrogens is 168 g/mol. The number of hydrogen-bond acceptors (Lipinski definition) is 1. The molecule has 0 aromatic rings. The van der Waals surface area contributed by atoms with Crippen molar-refractivity contribution in [3.05, 3.63) is 0 Å². The van der Waals surface area contributed by atoms with Crippen molar-refractivity contribution in [3.63, 3.8) is 0 Å². The van der Waals surface area contributed by atoms with Crippen molar-refractivity contribution in [3.8, 4) is 0 Å². The second-order valence-corrected chi connectivity index (χ2v) is 3.68. The van der Waals surface area contributed by atoms with Crippen LogP contribution in [0.2, 0.25) is 0 Å². The minimum atomic E-state index is 0.456. The first-order valence-corrected chi connectivity index (χ1v) is 5.03. The molecule has 0 radical (unpaired) electrons. The van der Waals surface area contributed by atoms with Crippen LogP contribution in [-0.2, 0) is 0 Å². The van der Waals surface area contributed by atoms with Crippen molar-refractivity contribution < 1.29 is 0 Å². The Morgan fingerprint density at radius 1 is 1.25 bits per heavy atom. The maximum absolute atomic E-state index is 5.65. The molecule has 0 aliphatic rings. The predicted molar refractivity (Wildman–Crippen MR) is 58.1 cm³/mol. The average Bonchev–Trinajstić information content (AvgIpc) is 2.03. The zero-order valence-electron chi connectivity index (χ0n) is 8.50. The Balaban J connectivity index is 4.32. The van der Waals surface area contributed by atoms with Crippen LogP contribution in [0.1, 0.15) is 40.5 Å². The van der Waals surface area contributed by atoms with Gasteiger partial charge in [0.2, 0.25) is 0 Å². The fraction of sp³-hybridized carbons (Fsp3) is 0.889. The van der Waals surface area contributed by atoms with E-state index in [1.165, 1.54) is 0 Å². The van der Waals surface area contributed by atoms with Crippen LogP contribution in [0.4, 0.5) is 0 Å².